The molecule has 0 N–H and O–H groups in total. The van der Waals surface area contributed by atoms with Crippen molar-refractivity contribution in [2.75, 3.05) is 4.90 Å². The molecule has 3 aromatic carbocycles. The highest BCUT2D eigenvalue weighted by Gasteiger charge is 2.51. The van der Waals surface area contributed by atoms with Gasteiger partial charge in [-0.1, -0.05) is 66.2 Å². The molecule has 1 heterocycles. The van der Waals surface area contributed by atoms with E-state index in [1.807, 2.05) is 71.6 Å². The fourth-order valence-corrected chi connectivity index (χ4v) is 7.99. The first-order valence-electron chi connectivity index (χ1n) is 13.3. The van der Waals surface area contributed by atoms with Gasteiger partial charge < -0.3 is 0 Å². The van der Waals surface area contributed by atoms with Crippen LogP contribution in [0.4, 0.5) is 5.69 Å². The highest BCUT2D eigenvalue weighted by molar-refractivity contribution is 6.30. The monoisotopic (exact) mass is 491 g/mol. The van der Waals surface area contributed by atoms with Crippen LogP contribution < -0.4 is 4.90 Å². The van der Waals surface area contributed by atoms with Crippen LogP contribution in [0.2, 0.25) is 5.02 Å². The fraction of sp³-hybridized carbons (Fsp3) is 0.303. The molecule has 0 radical (unpaired) electrons. The summed E-state index contributed by atoms with van der Waals surface area (Å²) in [7, 11) is 0. The Morgan fingerprint density at radius 3 is 2.00 bits per heavy atom. The molecule has 0 spiro atoms. The molecule has 1 amide bonds. The summed E-state index contributed by atoms with van der Waals surface area (Å²) < 4.78 is 0. The zero-order valence-corrected chi connectivity index (χ0v) is 21.1. The van der Waals surface area contributed by atoms with Crippen LogP contribution in [-0.2, 0) is 10.2 Å². The Hall–Kier alpha value is -3.10. The summed E-state index contributed by atoms with van der Waals surface area (Å²) in [6.07, 6.45) is 12.4. The summed E-state index contributed by atoms with van der Waals surface area (Å²) in [5.74, 6) is 2.76. The van der Waals surface area contributed by atoms with Crippen LogP contribution in [0.15, 0.2) is 90.5 Å². The van der Waals surface area contributed by atoms with Gasteiger partial charge in [-0.3, -0.25) is 9.69 Å². The minimum absolute atomic E-state index is 0.00589. The van der Waals surface area contributed by atoms with Crippen molar-refractivity contribution in [2.24, 2.45) is 17.8 Å². The minimum atomic E-state index is 0.00589. The largest absolute Gasteiger partial charge is 0.276 e. The van der Waals surface area contributed by atoms with Gasteiger partial charge >= 0.3 is 0 Å². The van der Waals surface area contributed by atoms with E-state index in [-0.39, 0.29) is 5.91 Å². The lowest BCUT2D eigenvalue weighted by Gasteiger charge is -2.57. The van der Waals surface area contributed by atoms with E-state index >= 15 is 0 Å². The van der Waals surface area contributed by atoms with E-state index in [2.05, 4.69) is 24.3 Å². The third-order valence-corrected chi connectivity index (χ3v) is 9.27. The number of carbonyl (C=O) groups is 1. The predicted octanol–water partition coefficient (Wildman–Crippen LogP) is 8.28. The Morgan fingerprint density at radius 2 is 1.39 bits per heavy atom. The Balaban J connectivity index is 1.25. The van der Waals surface area contributed by atoms with Crippen LogP contribution in [0.5, 0.6) is 0 Å². The van der Waals surface area contributed by atoms with E-state index in [9.17, 15) is 4.79 Å². The van der Waals surface area contributed by atoms with E-state index in [1.165, 1.54) is 44.1 Å². The van der Waals surface area contributed by atoms with Crippen molar-refractivity contribution in [1.29, 1.82) is 0 Å². The standard InChI is InChI=1S/C33H30ClNO/c34-29-10-6-26(7-11-29)31-18-27(17-22-4-2-1-3-5-22)32(36)35(31)30-12-8-28(9-13-30)33-19-23-14-24(20-33)16-25(15-23)21-33/h1-13,17-18,23-25H,14-16,19-21H2/b27-17+. The lowest BCUT2D eigenvalue weighted by molar-refractivity contribution is -0.113. The average Bonchev–Trinajstić information content (AvgIpc) is 3.20. The summed E-state index contributed by atoms with van der Waals surface area (Å²) in [4.78, 5) is 15.6. The molecule has 4 fully saturated rings. The zero-order chi connectivity index (χ0) is 24.3. The number of nitrogens with zero attached hydrogens (tertiary/aromatic N) is 1. The molecule has 0 atom stereocenters. The normalized spacial score (nSPS) is 29.8. The number of halogens is 1. The second-order valence-corrected chi connectivity index (χ2v) is 11.9. The molecule has 5 aliphatic rings. The van der Waals surface area contributed by atoms with Crippen molar-refractivity contribution < 1.29 is 4.79 Å². The van der Waals surface area contributed by atoms with Crippen LogP contribution in [-0.4, -0.2) is 5.91 Å². The zero-order valence-electron chi connectivity index (χ0n) is 20.4. The van der Waals surface area contributed by atoms with Crippen molar-refractivity contribution in [3.8, 4) is 0 Å². The van der Waals surface area contributed by atoms with Gasteiger partial charge in [0.1, 0.15) is 0 Å². The molecule has 36 heavy (non-hydrogen) atoms. The molecule has 8 rings (SSSR count). The predicted molar refractivity (Wildman–Crippen MR) is 148 cm³/mol. The van der Waals surface area contributed by atoms with Crippen LogP contribution >= 0.6 is 11.6 Å². The molecule has 4 aliphatic carbocycles. The number of carbonyl (C=O) groups excluding carboxylic acids is 1. The summed E-state index contributed by atoms with van der Waals surface area (Å²) in [5, 5.41) is 0.690. The van der Waals surface area contributed by atoms with Crippen LogP contribution in [0.3, 0.4) is 0 Å². The van der Waals surface area contributed by atoms with Crippen molar-refractivity contribution in [3.63, 3.8) is 0 Å². The Bertz CT molecular complexity index is 1330. The molecule has 0 unspecified atom stereocenters. The first kappa shape index (κ1) is 22.1. The maximum Gasteiger partial charge on any atom is 0.262 e. The third kappa shape index (κ3) is 3.74. The molecule has 4 saturated carbocycles. The number of benzene rings is 3. The summed E-state index contributed by atoms with van der Waals surface area (Å²) in [5.41, 5.74) is 6.34. The number of hydrogen-bond acceptors (Lipinski definition) is 1. The molecular formula is C33H30ClNO. The topological polar surface area (TPSA) is 20.3 Å². The third-order valence-electron chi connectivity index (χ3n) is 9.02. The van der Waals surface area contributed by atoms with Crippen LogP contribution in [0, 0.1) is 17.8 Å². The molecule has 0 saturated heterocycles. The van der Waals surface area contributed by atoms with Gasteiger partial charge in [0.25, 0.3) is 5.91 Å². The second-order valence-electron chi connectivity index (χ2n) is 11.4. The van der Waals surface area contributed by atoms with Gasteiger partial charge in [-0.25, -0.2) is 0 Å². The van der Waals surface area contributed by atoms with Crippen LogP contribution in [0.1, 0.15) is 55.2 Å². The molecular weight excluding hydrogens is 462 g/mol. The maximum absolute atomic E-state index is 13.7. The van der Waals surface area contributed by atoms with Crippen molar-refractivity contribution in [2.45, 2.75) is 43.9 Å². The highest BCUT2D eigenvalue weighted by Crippen LogP contribution is 2.60. The molecule has 4 bridgehead atoms. The van der Waals surface area contributed by atoms with E-state index in [1.54, 1.807) is 0 Å². The quantitative estimate of drug-likeness (QED) is 0.336. The summed E-state index contributed by atoms with van der Waals surface area (Å²) >= 11 is 6.17. The van der Waals surface area contributed by atoms with Crippen molar-refractivity contribution in [1.82, 2.24) is 0 Å². The maximum atomic E-state index is 13.7. The fourth-order valence-electron chi connectivity index (χ4n) is 7.86. The van der Waals surface area contributed by atoms with Crippen LogP contribution in [0.25, 0.3) is 11.8 Å². The first-order valence-corrected chi connectivity index (χ1v) is 13.6. The lowest BCUT2D eigenvalue weighted by Crippen LogP contribution is -2.48. The van der Waals surface area contributed by atoms with Gasteiger partial charge in [0.2, 0.25) is 0 Å². The average molecular weight is 492 g/mol. The molecule has 1 aliphatic heterocycles. The van der Waals surface area contributed by atoms with E-state index in [4.69, 9.17) is 11.6 Å². The van der Waals surface area contributed by atoms with Gasteiger partial charge in [-0.2, -0.15) is 0 Å². The van der Waals surface area contributed by atoms with Crippen molar-refractivity contribution >= 4 is 35.0 Å². The van der Waals surface area contributed by atoms with E-state index in [0.717, 1.165) is 40.3 Å². The van der Waals surface area contributed by atoms with Gasteiger partial charge in [0, 0.05) is 16.3 Å². The van der Waals surface area contributed by atoms with Crippen molar-refractivity contribution in [3.05, 3.63) is 112 Å². The number of rotatable bonds is 4. The van der Waals surface area contributed by atoms with Gasteiger partial charge in [0.05, 0.1) is 5.70 Å². The summed E-state index contributed by atoms with van der Waals surface area (Å²) in [6.45, 7) is 0. The second kappa shape index (κ2) is 8.49. The van der Waals surface area contributed by atoms with Gasteiger partial charge in [0.15, 0.2) is 0 Å². The van der Waals surface area contributed by atoms with E-state index in [0.29, 0.717) is 16.0 Å². The van der Waals surface area contributed by atoms with E-state index < -0.39 is 0 Å². The number of hydrogen-bond donors (Lipinski definition) is 0. The Morgan fingerprint density at radius 1 is 0.778 bits per heavy atom. The number of anilines is 1. The highest BCUT2D eigenvalue weighted by atomic mass is 35.5. The Kier molecular flexibility index (Phi) is 5.22. The molecule has 3 aromatic rings. The van der Waals surface area contributed by atoms with Gasteiger partial charge in [-0.15, -0.1) is 0 Å². The summed E-state index contributed by atoms with van der Waals surface area (Å²) in [6, 6.07) is 26.7. The molecule has 180 valence electrons. The van der Waals surface area contributed by atoms with Gasteiger partial charge in [-0.05, 0) is 115 Å². The first-order chi connectivity index (χ1) is 17.6. The molecule has 2 nitrogen and oxygen atoms in total. The minimum Gasteiger partial charge on any atom is -0.276 e. The SMILES string of the molecule is O=C1/C(=C/c2ccccc2)C=C(c2ccc(Cl)cc2)N1c1ccc(C23CC4CC(CC(C4)C2)C3)cc1. The molecule has 0 aromatic heterocycles. The Labute approximate surface area is 218 Å². The molecule has 3 heteroatoms. The number of amides is 1. The smallest absolute Gasteiger partial charge is 0.262 e. The lowest BCUT2D eigenvalue weighted by atomic mass is 9.48.